The van der Waals surface area contributed by atoms with E-state index >= 15 is 0 Å². The lowest BCUT2D eigenvalue weighted by molar-refractivity contribution is -0.147. The number of carbonyl (C=O) groups is 1. The molecule has 0 aliphatic heterocycles. The van der Waals surface area contributed by atoms with E-state index in [2.05, 4.69) is 4.98 Å². The lowest BCUT2D eigenvalue weighted by Crippen LogP contribution is -2.26. The molecule has 10 heteroatoms. The minimum Gasteiger partial charge on any atom is -0.494 e. The van der Waals surface area contributed by atoms with Gasteiger partial charge in [0, 0.05) is 18.0 Å². The Morgan fingerprint density at radius 3 is 2.24 bits per heavy atom. The highest BCUT2D eigenvalue weighted by molar-refractivity contribution is 7.92. The minimum absolute atomic E-state index is 0.0542. The largest absolute Gasteiger partial charge is 0.494 e. The Morgan fingerprint density at radius 2 is 1.57 bits per heavy atom. The summed E-state index contributed by atoms with van der Waals surface area (Å²) in [5.74, 6) is 0.480. The molecule has 0 bridgehead atoms. The number of aromatic nitrogens is 1. The summed E-state index contributed by atoms with van der Waals surface area (Å²) in [6.07, 6.45) is 0. The number of sulfonamides is 1. The predicted molar refractivity (Wildman–Crippen MR) is 142 cm³/mol. The average Bonchev–Trinajstić information content (AvgIpc) is 3.41. The van der Waals surface area contributed by atoms with Crippen molar-refractivity contribution in [1.82, 2.24) is 4.98 Å². The molecule has 192 valence electrons. The van der Waals surface area contributed by atoms with E-state index < -0.39 is 16.0 Å². The molecule has 0 radical (unpaired) electrons. The number of esters is 1. The molecular weight excluding hydrogens is 512 g/mol. The van der Waals surface area contributed by atoms with Gasteiger partial charge >= 0.3 is 5.97 Å². The van der Waals surface area contributed by atoms with Gasteiger partial charge in [0.2, 0.25) is 0 Å². The van der Waals surface area contributed by atoms with Crippen LogP contribution in [0, 0.1) is 0 Å². The summed E-state index contributed by atoms with van der Waals surface area (Å²) in [5.41, 5.74) is 2.12. The molecule has 0 unspecified atom stereocenters. The first-order chi connectivity index (χ1) is 17.9. The van der Waals surface area contributed by atoms with Crippen LogP contribution in [0.25, 0.3) is 10.6 Å². The maximum absolute atomic E-state index is 13.0. The highest BCUT2D eigenvalue weighted by Crippen LogP contribution is 2.26. The maximum atomic E-state index is 13.0. The van der Waals surface area contributed by atoms with Gasteiger partial charge in [0.15, 0.2) is 6.61 Å². The van der Waals surface area contributed by atoms with Crippen molar-refractivity contribution < 1.29 is 27.4 Å². The third-order valence-corrected chi connectivity index (χ3v) is 8.04. The molecule has 37 heavy (non-hydrogen) atoms. The molecule has 0 N–H and O–H groups in total. The lowest BCUT2D eigenvalue weighted by atomic mass is 10.2. The normalized spacial score (nSPS) is 11.1. The van der Waals surface area contributed by atoms with Gasteiger partial charge in [-0.3, -0.25) is 4.31 Å². The molecule has 0 aliphatic carbocycles. The van der Waals surface area contributed by atoms with Crippen LogP contribution in [-0.4, -0.2) is 39.6 Å². The van der Waals surface area contributed by atoms with Crippen molar-refractivity contribution in [3.8, 4) is 22.1 Å². The minimum atomic E-state index is -3.75. The first-order valence-electron chi connectivity index (χ1n) is 11.5. The smallest absolute Gasteiger partial charge is 0.344 e. The van der Waals surface area contributed by atoms with E-state index in [0.29, 0.717) is 29.5 Å². The van der Waals surface area contributed by atoms with Crippen molar-refractivity contribution in [2.45, 2.75) is 18.4 Å². The van der Waals surface area contributed by atoms with Gasteiger partial charge in [0.1, 0.15) is 23.1 Å². The second kappa shape index (κ2) is 11.9. The number of nitrogens with zero attached hydrogens (tertiary/aromatic N) is 2. The van der Waals surface area contributed by atoms with Crippen molar-refractivity contribution in [2.75, 3.05) is 24.6 Å². The third kappa shape index (κ3) is 6.66. The number of benzene rings is 3. The summed E-state index contributed by atoms with van der Waals surface area (Å²) in [5, 5.41) is 2.71. The van der Waals surface area contributed by atoms with Crippen molar-refractivity contribution in [1.29, 1.82) is 0 Å². The van der Waals surface area contributed by atoms with Crippen molar-refractivity contribution in [3.05, 3.63) is 89.9 Å². The Labute approximate surface area is 220 Å². The topological polar surface area (TPSA) is 95.0 Å². The summed E-state index contributed by atoms with van der Waals surface area (Å²) in [4.78, 5) is 16.8. The van der Waals surface area contributed by atoms with Crippen LogP contribution in [-0.2, 0) is 26.2 Å². The van der Waals surface area contributed by atoms with Gasteiger partial charge in [-0.25, -0.2) is 18.2 Å². The number of rotatable bonds is 11. The SMILES string of the molecule is CCOc1ccc(S(=O)(=O)N(C)c2ccc(OCC(=O)OCc3csc(-c4ccccc4)n3)cc2)cc1. The van der Waals surface area contributed by atoms with Gasteiger partial charge in [0.25, 0.3) is 10.0 Å². The fourth-order valence-corrected chi connectivity index (χ4v) is 5.35. The number of hydrogen-bond donors (Lipinski definition) is 0. The second-order valence-corrected chi connectivity index (χ2v) is 10.7. The molecule has 0 aliphatic rings. The molecule has 4 rings (SSSR count). The summed E-state index contributed by atoms with van der Waals surface area (Å²) < 4.78 is 43.2. The zero-order chi connectivity index (χ0) is 26.3. The number of ether oxygens (including phenoxy) is 3. The molecule has 3 aromatic carbocycles. The van der Waals surface area contributed by atoms with Gasteiger partial charge in [-0.15, -0.1) is 11.3 Å². The summed E-state index contributed by atoms with van der Waals surface area (Å²) >= 11 is 1.48. The second-order valence-electron chi connectivity index (χ2n) is 7.83. The van der Waals surface area contributed by atoms with Crippen molar-refractivity contribution >= 4 is 33.0 Å². The van der Waals surface area contributed by atoms with E-state index in [-0.39, 0.29) is 18.1 Å². The van der Waals surface area contributed by atoms with Gasteiger partial charge in [0.05, 0.1) is 22.9 Å². The summed E-state index contributed by atoms with van der Waals surface area (Å²) in [6.45, 7) is 2.13. The predicted octanol–water partition coefficient (Wildman–Crippen LogP) is 5.16. The quantitative estimate of drug-likeness (QED) is 0.244. The highest BCUT2D eigenvalue weighted by atomic mass is 32.2. The Hall–Kier alpha value is -3.89. The molecule has 4 aromatic rings. The fourth-order valence-electron chi connectivity index (χ4n) is 3.35. The summed E-state index contributed by atoms with van der Waals surface area (Å²) in [7, 11) is -2.28. The molecule has 8 nitrogen and oxygen atoms in total. The molecule has 1 aromatic heterocycles. The van der Waals surface area contributed by atoms with Crippen LogP contribution in [0.15, 0.2) is 89.1 Å². The molecule has 0 atom stereocenters. The van der Waals surface area contributed by atoms with Crippen LogP contribution in [0.1, 0.15) is 12.6 Å². The van der Waals surface area contributed by atoms with E-state index in [1.807, 2.05) is 42.6 Å². The van der Waals surface area contributed by atoms with Gasteiger partial charge in [-0.05, 0) is 55.5 Å². The van der Waals surface area contributed by atoms with E-state index in [1.165, 1.54) is 34.8 Å². The number of anilines is 1. The third-order valence-electron chi connectivity index (χ3n) is 5.30. The monoisotopic (exact) mass is 538 g/mol. The molecular formula is C27H26N2O6S2. The molecule has 0 saturated carbocycles. The Bertz CT molecular complexity index is 1420. The van der Waals surface area contributed by atoms with Crippen LogP contribution >= 0.6 is 11.3 Å². The van der Waals surface area contributed by atoms with Crippen LogP contribution in [0.4, 0.5) is 5.69 Å². The van der Waals surface area contributed by atoms with Crippen molar-refractivity contribution in [2.24, 2.45) is 0 Å². The lowest BCUT2D eigenvalue weighted by Gasteiger charge is -2.20. The Morgan fingerprint density at radius 1 is 0.919 bits per heavy atom. The Kier molecular flexibility index (Phi) is 8.42. The van der Waals surface area contributed by atoms with Crippen LogP contribution < -0.4 is 13.8 Å². The van der Waals surface area contributed by atoms with E-state index in [9.17, 15) is 13.2 Å². The van der Waals surface area contributed by atoms with Gasteiger partial charge in [-0.1, -0.05) is 30.3 Å². The molecule has 0 saturated heterocycles. The number of hydrogen-bond acceptors (Lipinski definition) is 8. The maximum Gasteiger partial charge on any atom is 0.344 e. The fraction of sp³-hybridized carbons (Fsp3) is 0.185. The number of thiazole rings is 1. The first-order valence-corrected chi connectivity index (χ1v) is 13.8. The molecule has 0 amide bonds. The Balaban J connectivity index is 1.28. The zero-order valence-electron chi connectivity index (χ0n) is 20.4. The molecule has 0 fully saturated rings. The zero-order valence-corrected chi connectivity index (χ0v) is 22.0. The first kappa shape index (κ1) is 26.2. The van der Waals surface area contributed by atoms with Crippen LogP contribution in [0.2, 0.25) is 0 Å². The summed E-state index contributed by atoms with van der Waals surface area (Å²) in [6, 6.07) is 22.4. The van der Waals surface area contributed by atoms with Gasteiger partial charge in [-0.2, -0.15) is 0 Å². The average molecular weight is 539 g/mol. The molecule has 0 spiro atoms. The standard InChI is InChI=1S/C27H26N2O6S2/c1-3-33-23-13-15-25(16-14-23)37(31,32)29(2)22-9-11-24(12-10-22)34-18-26(30)35-17-21-19-36-27(28-21)20-7-5-4-6-8-20/h4-16,19H,3,17-18H2,1-2H3. The van der Waals surface area contributed by atoms with Crippen LogP contribution in [0.3, 0.4) is 0 Å². The van der Waals surface area contributed by atoms with Crippen LogP contribution in [0.5, 0.6) is 11.5 Å². The van der Waals surface area contributed by atoms with Crippen molar-refractivity contribution in [3.63, 3.8) is 0 Å². The number of carbonyl (C=O) groups excluding carboxylic acids is 1. The van der Waals surface area contributed by atoms with E-state index in [1.54, 1.807) is 36.4 Å². The van der Waals surface area contributed by atoms with E-state index in [0.717, 1.165) is 10.6 Å². The van der Waals surface area contributed by atoms with Gasteiger partial charge < -0.3 is 14.2 Å². The van der Waals surface area contributed by atoms with E-state index in [4.69, 9.17) is 14.2 Å². The highest BCUT2D eigenvalue weighted by Gasteiger charge is 2.21. The molecule has 1 heterocycles.